The van der Waals surface area contributed by atoms with Crippen LogP contribution in [0, 0.1) is 5.92 Å². The summed E-state index contributed by atoms with van der Waals surface area (Å²) < 4.78 is 31.5. The Morgan fingerprint density at radius 3 is 2.65 bits per heavy atom. The van der Waals surface area contributed by atoms with Crippen molar-refractivity contribution in [2.75, 3.05) is 26.0 Å². The topological polar surface area (TPSA) is 66.8 Å². The first-order valence-electron chi connectivity index (χ1n) is 7.73. The largest absolute Gasteiger partial charge is 0.393 e. The van der Waals surface area contributed by atoms with Crippen LogP contribution in [-0.4, -0.2) is 56.0 Å². The Kier molecular flexibility index (Phi) is 5.84. The molecule has 1 N–H and O–H groups in total. The number of hydrogen-bond acceptors (Lipinski definition) is 4. The fraction of sp³-hybridized carbons (Fsp3) is 1.00. The minimum atomic E-state index is -3.21. The molecule has 1 aliphatic carbocycles. The number of ether oxygens (including phenoxy) is 1. The van der Waals surface area contributed by atoms with Gasteiger partial charge in [0.25, 0.3) is 0 Å². The van der Waals surface area contributed by atoms with Gasteiger partial charge < -0.3 is 9.84 Å². The summed E-state index contributed by atoms with van der Waals surface area (Å²) in [7, 11) is -1.62. The van der Waals surface area contributed by atoms with Crippen LogP contribution in [0.2, 0.25) is 0 Å². The molecule has 0 aromatic carbocycles. The minimum absolute atomic E-state index is 0.0119. The Morgan fingerprint density at radius 1 is 1.20 bits per heavy atom. The molecule has 0 amide bonds. The molecule has 0 spiro atoms. The van der Waals surface area contributed by atoms with E-state index >= 15 is 0 Å². The van der Waals surface area contributed by atoms with Crippen LogP contribution in [-0.2, 0) is 14.8 Å². The molecule has 1 saturated heterocycles. The highest BCUT2D eigenvalue weighted by Gasteiger charge is 2.41. The van der Waals surface area contributed by atoms with E-state index in [9.17, 15) is 13.5 Å². The van der Waals surface area contributed by atoms with Crippen LogP contribution in [0.3, 0.4) is 0 Å². The van der Waals surface area contributed by atoms with Crippen LogP contribution in [0.25, 0.3) is 0 Å². The minimum Gasteiger partial charge on any atom is -0.393 e. The number of sulfonamides is 1. The monoisotopic (exact) mass is 305 g/mol. The van der Waals surface area contributed by atoms with E-state index in [4.69, 9.17) is 4.74 Å². The predicted octanol–water partition coefficient (Wildman–Crippen LogP) is 1.37. The van der Waals surface area contributed by atoms with Crippen molar-refractivity contribution in [3.05, 3.63) is 0 Å². The van der Waals surface area contributed by atoms with Gasteiger partial charge in [0.1, 0.15) is 0 Å². The quantitative estimate of drug-likeness (QED) is 0.753. The maximum Gasteiger partial charge on any atom is 0.214 e. The van der Waals surface area contributed by atoms with Crippen molar-refractivity contribution in [2.24, 2.45) is 5.92 Å². The van der Waals surface area contributed by atoms with Crippen LogP contribution in [0.5, 0.6) is 0 Å². The van der Waals surface area contributed by atoms with Crippen molar-refractivity contribution in [3.8, 4) is 0 Å². The first-order chi connectivity index (χ1) is 9.56. The second-order valence-electron chi connectivity index (χ2n) is 6.00. The number of aliphatic hydroxyl groups excluding tert-OH is 1. The molecule has 6 heteroatoms. The van der Waals surface area contributed by atoms with Gasteiger partial charge in [-0.15, -0.1) is 0 Å². The predicted molar refractivity (Wildman–Crippen MR) is 78.0 cm³/mol. The van der Waals surface area contributed by atoms with Crippen molar-refractivity contribution in [2.45, 2.75) is 57.1 Å². The number of hydrogen-bond donors (Lipinski definition) is 1. The molecule has 0 aromatic heterocycles. The summed E-state index contributed by atoms with van der Waals surface area (Å²) in [6.45, 7) is 1.09. The van der Waals surface area contributed by atoms with Crippen molar-refractivity contribution in [1.29, 1.82) is 0 Å². The zero-order chi connectivity index (χ0) is 14.6. The van der Waals surface area contributed by atoms with Crippen LogP contribution < -0.4 is 0 Å². The SMILES string of the molecule is COCCCS(=O)(=O)N1CCCC1C1CCCCC1O. The van der Waals surface area contributed by atoms with E-state index < -0.39 is 10.0 Å². The molecule has 0 radical (unpaired) electrons. The summed E-state index contributed by atoms with van der Waals surface area (Å²) in [6.07, 6.45) is 5.95. The smallest absolute Gasteiger partial charge is 0.214 e. The Hall–Kier alpha value is -0.170. The maximum atomic E-state index is 12.5. The molecular weight excluding hydrogens is 278 g/mol. The van der Waals surface area contributed by atoms with Crippen molar-refractivity contribution in [3.63, 3.8) is 0 Å². The van der Waals surface area contributed by atoms with Crippen LogP contribution in [0.1, 0.15) is 44.9 Å². The molecule has 2 aliphatic rings. The molecule has 2 rings (SSSR count). The summed E-state index contributed by atoms with van der Waals surface area (Å²) in [5, 5.41) is 10.2. The van der Waals surface area contributed by atoms with Crippen molar-refractivity contribution < 1.29 is 18.3 Å². The molecule has 118 valence electrons. The lowest BCUT2D eigenvalue weighted by molar-refractivity contribution is 0.0386. The van der Waals surface area contributed by atoms with Crippen molar-refractivity contribution >= 4 is 10.0 Å². The third-order valence-corrected chi connectivity index (χ3v) is 6.60. The summed E-state index contributed by atoms with van der Waals surface area (Å²) in [5.41, 5.74) is 0. The number of aliphatic hydroxyl groups is 1. The summed E-state index contributed by atoms with van der Waals surface area (Å²) in [5.74, 6) is 0.281. The number of methoxy groups -OCH3 is 1. The highest BCUT2D eigenvalue weighted by Crippen LogP contribution is 2.36. The van der Waals surface area contributed by atoms with Gasteiger partial charge in [-0.05, 0) is 32.1 Å². The van der Waals surface area contributed by atoms with Gasteiger partial charge in [-0.25, -0.2) is 8.42 Å². The second-order valence-corrected chi connectivity index (χ2v) is 8.04. The van der Waals surface area contributed by atoms with E-state index in [0.29, 0.717) is 19.6 Å². The molecule has 1 aliphatic heterocycles. The van der Waals surface area contributed by atoms with Crippen LogP contribution in [0.4, 0.5) is 0 Å². The third kappa shape index (κ3) is 3.72. The summed E-state index contributed by atoms with van der Waals surface area (Å²) >= 11 is 0. The van der Waals surface area contributed by atoms with Gasteiger partial charge in [-0.1, -0.05) is 12.8 Å². The van der Waals surface area contributed by atoms with Crippen molar-refractivity contribution in [1.82, 2.24) is 4.31 Å². The first kappa shape index (κ1) is 16.2. The van der Waals surface area contributed by atoms with Crippen LogP contribution in [0.15, 0.2) is 0 Å². The highest BCUT2D eigenvalue weighted by atomic mass is 32.2. The molecule has 1 saturated carbocycles. The zero-order valence-corrected chi connectivity index (χ0v) is 13.1. The molecule has 1 heterocycles. The average molecular weight is 305 g/mol. The Morgan fingerprint density at radius 2 is 1.95 bits per heavy atom. The molecule has 5 nitrogen and oxygen atoms in total. The third-order valence-electron chi connectivity index (χ3n) is 4.63. The van der Waals surface area contributed by atoms with Gasteiger partial charge >= 0.3 is 0 Å². The summed E-state index contributed by atoms with van der Waals surface area (Å²) in [4.78, 5) is 0. The lowest BCUT2D eigenvalue weighted by atomic mass is 9.81. The van der Waals surface area contributed by atoms with E-state index in [1.165, 1.54) is 0 Å². The maximum absolute atomic E-state index is 12.5. The zero-order valence-electron chi connectivity index (χ0n) is 12.3. The van der Waals surface area contributed by atoms with Gasteiger partial charge in [0.15, 0.2) is 0 Å². The van der Waals surface area contributed by atoms with E-state index in [2.05, 4.69) is 0 Å². The Labute approximate surface area is 122 Å². The normalized spacial score (nSPS) is 32.6. The number of rotatable bonds is 6. The molecule has 0 bridgehead atoms. The van der Waals surface area contributed by atoms with Crippen LogP contribution >= 0.6 is 0 Å². The standard InChI is InChI=1S/C14H27NO4S/c1-19-10-5-11-20(17,18)15-9-4-7-13(15)12-6-2-3-8-14(12)16/h12-14,16H,2-11H2,1H3. The molecule has 3 unspecified atom stereocenters. The molecule has 20 heavy (non-hydrogen) atoms. The summed E-state index contributed by atoms with van der Waals surface area (Å²) in [6, 6.07) is 0.0119. The molecular formula is C14H27NO4S. The molecule has 3 atom stereocenters. The Balaban J connectivity index is 2.02. The van der Waals surface area contributed by atoms with Gasteiger partial charge in [0, 0.05) is 32.2 Å². The van der Waals surface area contributed by atoms with E-state index in [1.807, 2.05) is 0 Å². The first-order valence-corrected chi connectivity index (χ1v) is 9.33. The molecule has 0 aromatic rings. The molecule has 2 fully saturated rings. The van der Waals surface area contributed by atoms with Gasteiger partial charge in [0.05, 0.1) is 11.9 Å². The van der Waals surface area contributed by atoms with Gasteiger partial charge in [-0.3, -0.25) is 0 Å². The fourth-order valence-electron chi connectivity index (χ4n) is 3.63. The van der Waals surface area contributed by atoms with Gasteiger partial charge in [0.2, 0.25) is 10.0 Å². The Bertz CT molecular complexity index is 398. The van der Waals surface area contributed by atoms with Gasteiger partial charge in [-0.2, -0.15) is 4.31 Å². The van der Waals surface area contributed by atoms with E-state index in [-0.39, 0.29) is 23.8 Å². The fourth-order valence-corrected chi connectivity index (χ4v) is 5.43. The lowest BCUT2D eigenvalue weighted by Gasteiger charge is -2.36. The van der Waals surface area contributed by atoms with E-state index in [0.717, 1.165) is 38.5 Å². The van der Waals surface area contributed by atoms with E-state index in [1.54, 1.807) is 11.4 Å². The number of nitrogens with zero attached hydrogens (tertiary/aromatic N) is 1. The lowest BCUT2D eigenvalue weighted by Crippen LogP contribution is -2.46. The highest BCUT2D eigenvalue weighted by molar-refractivity contribution is 7.89. The average Bonchev–Trinajstić information content (AvgIpc) is 2.89. The second kappa shape index (κ2) is 7.20.